The monoisotopic (exact) mass is 464 g/mol. The summed E-state index contributed by atoms with van der Waals surface area (Å²) in [5, 5.41) is 11.1. The molecule has 0 saturated carbocycles. The normalized spacial score (nSPS) is 8.69. The van der Waals surface area contributed by atoms with Crippen LogP contribution in [0.5, 0.6) is 0 Å². The largest absolute Gasteiger partial charge is 0.478 e. The minimum Gasteiger partial charge on any atom is -0.478 e. The van der Waals surface area contributed by atoms with Crippen LogP contribution in [0.3, 0.4) is 0 Å². The first-order valence-electron chi connectivity index (χ1n) is 9.23. The van der Waals surface area contributed by atoms with Gasteiger partial charge in [-0.1, -0.05) is 11.8 Å². The summed E-state index contributed by atoms with van der Waals surface area (Å²) in [7, 11) is 3.29. The van der Waals surface area contributed by atoms with Crippen molar-refractivity contribution in [1.29, 1.82) is 0 Å². The third kappa shape index (κ3) is 12.3. The number of terminal acetylenes is 2. The number of hydrogen-bond donors (Lipinski definition) is 2. The number of alkyl halides is 2. The molecule has 172 valence electrons. The van der Waals surface area contributed by atoms with Gasteiger partial charge in [-0.25, -0.2) is 13.6 Å². The maximum atomic E-state index is 12.0. The molecule has 2 aromatic rings. The zero-order valence-corrected chi connectivity index (χ0v) is 18.8. The number of carbonyl (C=O) groups excluding carboxylic acids is 1. The fourth-order valence-electron chi connectivity index (χ4n) is 1.96. The van der Waals surface area contributed by atoms with Gasteiger partial charge in [0.15, 0.2) is 0 Å². The second kappa shape index (κ2) is 18.4. The number of amides is 1. The van der Waals surface area contributed by atoms with E-state index in [9.17, 15) is 18.4 Å². The lowest BCUT2D eigenvalue weighted by atomic mass is 10.1. The molecular formula is C24H27ClF2N2O3. The van der Waals surface area contributed by atoms with Crippen LogP contribution in [0.1, 0.15) is 31.8 Å². The second-order valence-electron chi connectivity index (χ2n) is 5.96. The Kier molecular flexibility index (Phi) is 17.7. The zero-order chi connectivity index (χ0) is 23.6. The number of nitrogens with one attached hydrogen (secondary N) is 1. The van der Waals surface area contributed by atoms with Gasteiger partial charge >= 0.3 is 5.97 Å². The van der Waals surface area contributed by atoms with Crippen LogP contribution in [0.25, 0.3) is 0 Å². The number of aromatic carboxylic acids is 1. The Morgan fingerprint density at radius 1 is 0.938 bits per heavy atom. The SMILES string of the molecule is C#Cc1ccc(C(=O)N(C)CCF)cc1.C#Cc1ccc(C(=O)O)cc1.CNCCF.Cl. The molecule has 2 aromatic carbocycles. The molecule has 2 N–H and O–H groups in total. The standard InChI is InChI=1S/C12H12FNO.C9H6O2.C3H8FN.ClH/c1-3-10-4-6-11(7-5-10)12(15)14(2)9-8-13;1-2-7-3-5-8(6-4-7)9(10)11;1-5-3-2-4;/h1,4-7H,8-9H2,2H3;1,3-6H,(H,10,11);5H,2-3H2,1H3;1H. The smallest absolute Gasteiger partial charge is 0.335 e. The average molecular weight is 465 g/mol. The zero-order valence-electron chi connectivity index (χ0n) is 18.0. The lowest BCUT2D eigenvalue weighted by Gasteiger charge is -2.14. The topological polar surface area (TPSA) is 69.6 Å². The highest BCUT2D eigenvalue weighted by Gasteiger charge is 2.10. The summed E-state index contributed by atoms with van der Waals surface area (Å²) in [5.41, 5.74) is 2.18. The van der Waals surface area contributed by atoms with Gasteiger partial charge in [-0.15, -0.1) is 25.3 Å². The Hall–Kier alpha value is -3.39. The third-order valence-electron chi connectivity index (χ3n) is 3.71. The number of rotatable bonds is 6. The molecule has 0 fully saturated rings. The molecule has 8 heteroatoms. The minimum atomic E-state index is -0.937. The van der Waals surface area contributed by atoms with Crippen molar-refractivity contribution in [2.75, 3.05) is 40.5 Å². The number of hydrogen-bond acceptors (Lipinski definition) is 3. The number of nitrogens with zero attached hydrogens (tertiary/aromatic N) is 1. The number of halogens is 3. The summed E-state index contributed by atoms with van der Waals surface area (Å²) in [6.45, 7) is -0.225. The quantitative estimate of drug-likeness (QED) is 0.640. The molecule has 0 saturated heterocycles. The van der Waals surface area contributed by atoms with E-state index in [0.29, 0.717) is 17.7 Å². The van der Waals surface area contributed by atoms with E-state index in [-0.39, 0.29) is 37.1 Å². The van der Waals surface area contributed by atoms with Gasteiger partial charge in [-0.2, -0.15) is 0 Å². The minimum absolute atomic E-state index is 0. The van der Waals surface area contributed by atoms with Crippen LogP contribution in [0.2, 0.25) is 0 Å². The van der Waals surface area contributed by atoms with Crippen LogP contribution in [-0.4, -0.2) is 62.4 Å². The molecule has 5 nitrogen and oxygen atoms in total. The molecule has 0 aliphatic carbocycles. The summed E-state index contributed by atoms with van der Waals surface area (Å²) >= 11 is 0. The first kappa shape index (κ1) is 30.8. The van der Waals surface area contributed by atoms with Gasteiger partial charge in [-0.3, -0.25) is 4.79 Å². The summed E-state index contributed by atoms with van der Waals surface area (Å²) in [5.74, 6) is 3.73. The van der Waals surface area contributed by atoms with Gasteiger partial charge < -0.3 is 15.3 Å². The molecule has 2 rings (SSSR count). The van der Waals surface area contributed by atoms with E-state index >= 15 is 0 Å². The van der Waals surface area contributed by atoms with Gasteiger partial charge in [0.25, 0.3) is 5.91 Å². The lowest BCUT2D eigenvalue weighted by Crippen LogP contribution is -2.28. The highest BCUT2D eigenvalue weighted by atomic mass is 35.5. The van der Waals surface area contributed by atoms with Crippen LogP contribution in [-0.2, 0) is 0 Å². The van der Waals surface area contributed by atoms with E-state index < -0.39 is 12.6 Å². The maximum absolute atomic E-state index is 12.0. The fourth-order valence-corrected chi connectivity index (χ4v) is 1.96. The van der Waals surface area contributed by atoms with E-state index in [1.165, 1.54) is 17.0 Å². The van der Waals surface area contributed by atoms with Gasteiger partial charge in [0.05, 0.1) is 5.56 Å². The van der Waals surface area contributed by atoms with Crippen molar-refractivity contribution in [3.63, 3.8) is 0 Å². The molecule has 0 unspecified atom stereocenters. The Morgan fingerprint density at radius 3 is 1.66 bits per heavy atom. The van der Waals surface area contributed by atoms with Crippen molar-refractivity contribution in [2.45, 2.75) is 0 Å². The van der Waals surface area contributed by atoms with Crippen molar-refractivity contribution in [1.82, 2.24) is 10.2 Å². The Morgan fingerprint density at radius 2 is 1.38 bits per heavy atom. The fraction of sp³-hybridized carbons (Fsp3) is 0.250. The molecule has 0 heterocycles. The first-order valence-corrected chi connectivity index (χ1v) is 9.23. The van der Waals surface area contributed by atoms with Crippen LogP contribution in [0.4, 0.5) is 8.78 Å². The predicted molar refractivity (Wildman–Crippen MR) is 126 cm³/mol. The first-order chi connectivity index (χ1) is 14.8. The Balaban J connectivity index is 0. The van der Waals surface area contributed by atoms with E-state index in [2.05, 4.69) is 17.2 Å². The number of carboxylic acid groups (broad SMARTS) is 1. The second-order valence-corrected chi connectivity index (χ2v) is 5.96. The number of carbonyl (C=O) groups is 2. The van der Waals surface area contributed by atoms with Gasteiger partial charge in [0.2, 0.25) is 0 Å². The molecule has 0 bridgehead atoms. The van der Waals surface area contributed by atoms with Crippen LogP contribution in [0.15, 0.2) is 48.5 Å². The molecular weight excluding hydrogens is 438 g/mol. The van der Waals surface area contributed by atoms with Crippen molar-refractivity contribution in [3.8, 4) is 24.7 Å². The average Bonchev–Trinajstić information content (AvgIpc) is 2.80. The molecule has 0 aromatic heterocycles. The van der Waals surface area contributed by atoms with Crippen LogP contribution in [0, 0.1) is 24.7 Å². The molecule has 0 aliphatic rings. The van der Waals surface area contributed by atoms with Crippen molar-refractivity contribution in [3.05, 3.63) is 70.8 Å². The summed E-state index contributed by atoms with van der Waals surface area (Å²) in [6.07, 6.45) is 10.3. The Bertz CT molecular complexity index is 887. The van der Waals surface area contributed by atoms with Crippen molar-refractivity contribution in [2.24, 2.45) is 0 Å². The van der Waals surface area contributed by atoms with E-state index in [1.54, 1.807) is 50.5 Å². The summed E-state index contributed by atoms with van der Waals surface area (Å²) in [6, 6.07) is 12.8. The van der Waals surface area contributed by atoms with Gasteiger partial charge in [0, 0.05) is 36.8 Å². The van der Waals surface area contributed by atoms with Gasteiger partial charge in [0.1, 0.15) is 13.3 Å². The van der Waals surface area contributed by atoms with Crippen molar-refractivity contribution < 1.29 is 23.5 Å². The predicted octanol–water partition coefficient (Wildman–Crippen LogP) is 3.67. The maximum Gasteiger partial charge on any atom is 0.335 e. The van der Waals surface area contributed by atoms with Crippen LogP contribution < -0.4 is 5.32 Å². The molecule has 32 heavy (non-hydrogen) atoms. The third-order valence-corrected chi connectivity index (χ3v) is 3.71. The summed E-state index contributed by atoms with van der Waals surface area (Å²) < 4.78 is 22.9. The molecule has 0 atom stereocenters. The molecule has 1 amide bonds. The molecule has 0 aliphatic heterocycles. The summed E-state index contributed by atoms with van der Waals surface area (Å²) in [4.78, 5) is 23.3. The van der Waals surface area contributed by atoms with E-state index in [4.69, 9.17) is 18.0 Å². The molecule has 0 radical (unpaired) electrons. The molecule has 0 spiro atoms. The van der Waals surface area contributed by atoms with E-state index in [1.807, 2.05) is 0 Å². The lowest BCUT2D eigenvalue weighted by molar-refractivity contribution is 0.0696. The highest BCUT2D eigenvalue weighted by molar-refractivity contribution is 5.94. The van der Waals surface area contributed by atoms with Gasteiger partial charge in [-0.05, 0) is 55.6 Å². The van der Waals surface area contributed by atoms with Crippen molar-refractivity contribution >= 4 is 24.3 Å². The number of benzene rings is 2. The Labute approximate surface area is 194 Å². The van der Waals surface area contributed by atoms with Crippen LogP contribution >= 0.6 is 12.4 Å². The highest BCUT2D eigenvalue weighted by Crippen LogP contribution is 2.06. The number of carboxylic acids is 1. The van der Waals surface area contributed by atoms with E-state index in [0.717, 1.165) is 5.56 Å².